The van der Waals surface area contributed by atoms with Crippen LogP contribution in [0, 0.1) is 6.92 Å². The Hall–Kier alpha value is -3.51. The van der Waals surface area contributed by atoms with Crippen LogP contribution in [0.25, 0.3) is 10.9 Å². The van der Waals surface area contributed by atoms with Crippen molar-refractivity contribution in [2.24, 2.45) is 0 Å². The number of benzene rings is 1. The zero-order valence-electron chi connectivity index (χ0n) is 16.4. The SMILES string of the molecule is Cc1cc(N)ncc1CNC(=O)c1ccnc(Cc2ccc3ncc(Cl)cc3c2)c1. The van der Waals surface area contributed by atoms with Crippen LogP contribution >= 0.6 is 11.6 Å². The molecule has 30 heavy (non-hydrogen) atoms. The van der Waals surface area contributed by atoms with Gasteiger partial charge in [-0.15, -0.1) is 0 Å². The average molecular weight is 418 g/mol. The predicted octanol–water partition coefficient (Wildman–Crippen LogP) is 4.09. The van der Waals surface area contributed by atoms with Gasteiger partial charge in [0.05, 0.1) is 10.5 Å². The molecule has 0 spiro atoms. The Morgan fingerprint density at radius 1 is 1.07 bits per heavy atom. The van der Waals surface area contributed by atoms with Crippen LogP contribution in [0.1, 0.15) is 32.7 Å². The Balaban J connectivity index is 1.47. The summed E-state index contributed by atoms with van der Waals surface area (Å²) in [6.07, 6.45) is 5.57. The first-order chi connectivity index (χ1) is 14.5. The van der Waals surface area contributed by atoms with E-state index < -0.39 is 0 Å². The number of hydrogen-bond donors (Lipinski definition) is 2. The number of pyridine rings is 3. The van der Waals surface area contributed by atoms with Gasteiger partial charge in [-0.1, -0.05) is 17.7 Å². The lowest BCUT2D eigenvalue weighted by atomic mass is 10.0. The Kier molecular flexibility index (Phi) is 5.59. The molecule has 0 aliphatic heterocycles. The van der Waals surface area contributed by atoms with Gasteiger partial charge in [-0.05, 0) is 60.0 Å². The third kappa shape index (κ3) is 4.55. The van der Waals surface area contributed by atoms with Crippen molar-refractivity contribution in [3.05, 3.63) is 94.0 Å². The van der Waals surface area contributed by atoms with Crippen LogP contribution in [0.15, 0.2) is 61.1 Å². The summed E-state index contributed by atoms with van der Waals surface area (Å²) < 4.78 is 0. The number of nitrogens with one attached hydrogen (secondary N) is 1. The summed E-state index contributed by atoms with van der Waals surface area (Å²) in [5.41, 5.74) is 10.9. The molecule has 3 aromatic heterocycles. The fourth-order valence-electron chi connectivity index (χ4n) is 3.26. The van der Waals surface area contributed by atoms with E-state index in [1.807, 2.05) is 37.3 Å². The van der Waals surface area contributed by atoms with Crippen LogP contribution in [0.2, 0.25) is 5.02 Å². The third-order valence-electron chi connectivity index (χ3n) is 4.86. The minimum Gasteiger partial charge on any atom is -0.384 e. The number of aryl methyl sites for hydroxylation is 1. The lowest BCUT2D eigenvalue weighted by molar-refractivity contribution is 0.0950. The lowest BCUT2D eigenvalue weighted by Gasteiger charge is -2.09. The van der Waals surface area contributed by atoms with E-state index in [4.69, 9.17) is 17.3 Å². The van der Waals surface area contributed by atoms with E-state index in [9.17, 15) is 4.79 Å². The number of nitrogens with zero attached hydrogens (tertiary/aromatic N) is 3. The highest BCUT2D eigenvalue weighted by atomic mass is 35.5. The minimum absolute atomic E-state index is 0.163. The maximum absolute atomic E-state index is 12.6. The summed E-state index contributed by atoms with van der Waals surface area (Å²) in [7, 11) is 0. The van der Waals surface area contributed by atoms with Gasteiger partial charge in [0.2, 0.25) is 0 Å². The molecular weight excluding hydrogens is 398 g/mol. The molecular formula is C23H20ClN5O. The average Bonchev–Trinajstić information content (AvgIpc) is 2.73. The van der Waals surface area contributed by atoms with E-state index in [1.165, 1.54) is 0 Å². The number of amides is 1. The van der Waals surface area contributed by atoms with E-state index in [-0.39, 0.29) is 5.91 Å². The molecule has 0 fully saturated rings. The summed E-state index contributed by atoms with van der Waals surface area (Å²) >= 11 is 6.05. The second-order valence-corrected chi connectivity index (χ2v) is 7.55. The Bertz CT molecular complexity index is 1240. The highest BCUT2D eigenvalue weighted by Gasteiger charge is 2.09. The number of hydrogen-bond acceptors (Lipinski definition) is 5. The molecule has 4 rings (SSSR count). The summed E-state index contributed by atoms with van der Waals surface area (Å²) in [6, 6.07) is 13.2. The number of fused-ring (bicyclic) bond motifs is 1. The fourth-order valence-corrected chi connectivity index (χ4v) is 3.42. The number of aromatic nitrogens is 3. The largest absolute Gasteiger partial charge is 0.384 e. The van der Waals surface area contributed by atoms with Crippen molar-refractivity contribution in [1.29, 1.82) is 0 Å². The number of nitrogens with two attached hydrogens (primary N) is 1. The fraction of sp³-hybridized carbons (Fsp3) is 0.130. The van der Waals surface area contributed by atoms with Gasteiger partial charge in [-0.2, -0.15) is 0 Å². The zero-order valence-corrected chi connectivity index (χ0v) is 17.1. The van der Waals surface area contributed by atoms with Gasteiger partial charge in [0, 0.05) is 48.2 Å². The lowest BCUT2D eigenvalue weighted by Crippen LogP contribution is -2.23. The molecule has 0 aliphatic carbocycles. The van der Waals surface area contributed by atoms with Crippen molar-refractivity contribution >= 4 is 34.2 Å². The molecule has 1 amide bonds. The highest BCUT2D eigenvalue weighted by molar-refractivity contribution is 6.31. The van der Waals surface area contributed by atoms with Crippen molar-refractivity contribution in [2.45, 2.75) is 19.9 Å². The molecule has 0 bridgehead atoms. The normalized spacial score (nSPS) is 10.9. The molecule has 0 atom stereocenters. The standard InChI is InChI=1S/C23H20ClN5O/c1-14-6-22(25)28-11-18(14)12-29-23(30)16-4-5-26-20(10-16)8-15-2-3-21-17(7-15)9-19(24)13-27-21/h2-7,9-11,13H,8,12H2,1H3,(H2,25,28)(H,29,30). The number of carbonyl (C=O) groups is 1. The molecule has 150 valence electrons. The van der Waals surface area contributed by atoms with Gasteiger partial charge >= 0.3 is 0 Å². The van der Waals surface area contributed by atoms with Gasteiger partial charge in [0.15, 0.2) is 0 Å². The first-order valence-electron chi connectivity index (χ1n) is 9.46. The molecule has 0 saturated carbocycles. The number of nitrogen functional groups attached to an aromatic ring is 1. The first-order valence-corrected chi connectivity index (χ1v) is 9.84. The van der Waals surface area contributed by atoms with E-state index >= 15 is 0 Å². The monoisotopic (exact) mass is 417 g/mol. The van der Waals surface area contributed by atoms with Crippen molar-refractivity contribution in [1.82, 2.24) is 20.3 Å². The molecule has 0 radical (unpaired) electrons. The van der Waals surface area contributed by atoms with E-state index in [2.05, 4.69) is 20.3 Å². The van der Waals surface area contributed by atoms with Crippen molar-refractivity contribution < 1.29 is 4.79 Å². The number of halogens is 1. The summed E-state index contributed by atoms with van der Waals surface area (Å²) in [5.74, 6) is 0.303. The molecule has 3 N–H and O–H groups in total. The maximum Gasteiger partial charge on any atom is 0.251 e. The van der Waals surface area contributed by atoms with Gasteiger partial charge in [-0.25, -0.2) is 4.98 Å². The molecule has 0 unspecified atom stereocenters. The molecule has 1 aromatic carbocycles. The second-order valence-electron chi connectivity index (χ2n) is 7.11. The summed E-state index contributed by atoms with van der Waals surface area (Å²) in [5, 5.41) is 4.50. The van der Waals surface area contributed by atoms with Crippen LogP contribution in [-0.2, 0) is 13.0 Å². The number of rotatable bonds is 5. The second kappa shape index (κ2) is 8.47. The van der Waals surface area contributed by atoms with Gasteiger partial charge in [0.1, 0.15) is 5.82 Å². The van der Waals surface area contributed by atoms with Crippen molar-refractivity contribution in [2.75, 3.05) is 5.73 Å². The Labute approximate surface area is 179 Å². The van der Waals surface area contributed by atoms with Crippen molar-refractivity contribution in [3.8, 4) is 0 Å². The molecule has 0 aliphatic rings. The van der Waals surface area contributed by atoms with Crippen LogP contribution in [0.4, 0.5) is 5.82 Å². The van der Waals surface area contributed by atoms with Crippen LogP contribution in [0.3, 0.4) is 0 Å². The van der Waals surface area contributed by atoms with Crippen LogP contribution in [-0.4, -0.2) is 20.9 Å². The smallest absolute Gasteiger partial charge is 0.251 e. The van der Waals surface area contributed by atoms with Crippen molar-refractivity contribution in [3.63, 3.8) is 0 Å². The van der Waals surface area contributed by atoms with Crippen LogP contribution in [0.5, 0.6) is 0 Å². The highest BCUT2D eigenvalue weighted by Crippen LogP contribution is 2.20. The topological polar surface area (TPSA) is 93.8 Å². The molecule has 6 nitrogen and oxygen atoms in total. The number of carbonyl (C=O) groups excluding carboxylic acids is 1. The van der Waals surface area contributed by atoms with Gasteiger partial charge < -0.3 is 11.1 Å². The number of anilines is 1. The summed E-state index contributed by atoms with van der Waals surface area (Å²) in [4.78, 5) is 25.4. The van der Waals surface area contributed by atoms with Gasteiger partial charge in [0.25, 0.3) is 5.91 Å². The Morgan fingerprint density at radius 2 is 1.93 bits per heavy atom. The molecule has 7 heteroatoms. The molecule has 4 aromatic rings. The Morgan fingerprint density at radius 3 is 2.77 bits per heavy atom. The van der Waals surface area contributed by atoms with Crippen LogP contribution < -0.4 is 11.1 Å². The first kappa shape index (κ1) is 19.8. The zero-order chi connectivity index (χ0) is 21.1. The third-order valence-corrected chi connectivity index (χ3v) is 5.06. The maximum atomic E-state index is 12.6. The minimum atomic E-state index is -0.163. The predicted molar refractivity (Wildman–Crippen MR) is 118 cm³/mol. The molecule has 0 saturated heterocycles. The quantitative estimate of drug-likeness (QED) is 0.510. The van der Waals surface area contributed by atoms with Gasteiger partial charge in [-0.3, -0.25) is 14.8 Å². The van der Waals surface area contributed by atoms with E-state index in [1.54, 1.807) is 30.7 Å². The molecule has 3 heterocycles. The van der Waals surface area contributed by atoms with E-state index in [0.29, 0.717) is 29.4 Å². The van der Waals surface area contributed by atoms with E-state index in [0.717, 1.165) is 33.3 Å². The summed E-state index contributed by atoms with van der Waals surface area (Å²) in [6.45, 7) is 2.32.